The van der Waals surface area contributed by atoms with Crippen molar-refractivity contribution in [2.75, 3.05) is 19.6 Å². The Bertz CT molecular complexity index is 347. The number of nitrogens with one attached hydrogen (secondary N) is 2. The van der Waals surface area contributed by atoms with Crippen LogP contribution in [0.1, 0.15) is 35.5 Å². The summed E-state index contributed by atoms with van der Waals surface area (Å²) in [5.41, 5.74) is 0.640. The van der Waals surface area contributed by atoms with Crippen LogP contribution in [-0.4, -0.2) is 30.5 Å². The van der Waals surface area contributed by atoms with E-state index in [2.05, 4.69) is 22.5 Å². The first-order chi connectivity index (χ1) is 7.65. The van der Waals surface area contributed by atoms with Crippen molar-refractivity contribution in [2.45, 2.75) is 27.2 Å². The number of carbonyl (C=O) groups excluding carboxylic acids is 1. The fraction of sp³-hybridized carbons (Fsp3) is 0.636. The Hall–Kier alpha value is -1.36. The van der Waals surface area contributed by atoms with E-state index >= 15 is 0 Å². The summed E-state index contributed by atoms with van der Waals surface area (Å²) >= 11 is 0. The van der Waals surface area contributed by atoms with Gasteiger partial charge in [-0.15, -0.1) is 0 Å². The van der Waals surface area contributed by atoms with Gasteiger partial charge in [-0.05, 0) is 26.4 Å². The number of rotatable bonds is 6. The van der Waals surface area contributed by atoms with Crippen molar-refractivity contribution in [1.82, 2.24) is 15.6 Å². The van der Waals surface area contributed by atoms with Gasteiger partial charge in [-0.25, -0.2) is 4.98 Å². The first kappa shape index (κ1) is 12.7. The Morgan fingerprint density at radius 1 is 1.38 bits per heavy atom. The molecule has 0 aliphatic heterocycles. The minimum absolute atomic E-state index is 0.186. The molecule has 0 bridgehead atoms. The number of hydrogen-bond acceptors (Lipinski definition) is 4. The van der Waals surface area contributed by atoms with Gasteiger partial charge in [-0.2, -0.15) is 0 Å². The molecule has 5 nitrogen and oxygen atoms in total. The third-order valence-corrected chi connectivity index (χ3v) is 2.18. The molecule has 0 aliphatic rings. The predicted molar refractivity (Wildman–Crippen MR) is 61.5 cm³/mol. The summed E-state index contributed by atoms with van der Waals surface area (Å²) in [6.45, 7) is 8.06. The molecule has 5 heteroatoms. The summed E-state index contributed by atoms with van der Waals surface area (Å²) in [5.74, 6) is 0.658. The largest absolute Gasteiger partial charge is 0.436 e. The van der Waals surface area contributed by atoms with Gasteiger partial charge in [0.2, 0.25) is 5.76 Å². The molecular formula is C11H19N3O2. The van der Waals surface area contributed by atoms with Crippen molar-refractivity contribution in [3.63, 3.8) is 0 Å². The maximum Gasteiger partial charge on any atom is 0.289 e. The summed E-state index contributed by atoms with van der Waals surface area (Å²) in [6.07, 6.45) is 0.908. The van der Waals surface area contributed by atoms with Gasteiger partial charge in [0, 0.05) is 13.5 Å². The molecule has 1 aromatic rings. The maximum atomic E-state index is 11.6. The topological polar surface area (TPSA) is 67.2 Å². The Labute approximate surface area is 95.6 Å². The molecule has 0 saturated carbocycles. The lowest BCUT2D eigenvalue weighted by atomic mass is 10.3. The molecule has 0 atom stereocenters. The number of oxazole rings is 1. The van der Waals surface area contributed by atoms with Gasteiger partial charge in [0.1, 0.15) is 0 Å². The van der Waals surface area contributed by atoms with Crippen molar-refractivity contribution in [2.24, 2.45) is 0 Å². The quantitative estimate of drug-likeness (QED) is 0.709. The van der Waals surface area contributed by atoms with Gasteiger partial charge in [0.05, 0.1) is 5.69 Å². The zero-order valence-corrected chi connectivity index (χ0v) is 10.1. The van der Waals surface area contributed by atoms with Gasteiger partial charge < -0.3 is 15.1 Å². The van der Waals surface area contributed by atoms with Gasteiger partial charge in [-0.1, -0.05) is 6.92 Å². The number of amides is 1. The Morgan fingerprint density at radius 2 is 2.12 bits per heavy atom. The monoisotopic (exact) mass is 225 g/mol. The lowest BCUT2D eigenvalue weighted by Crippen LogP contribution is -2.27. The van der Waals surface area contributed by atoms with E-state index in [1.54, 1.807) is 13.8 Å². The van der Waals surface area contributed by atoms with Crippen LogP contribution in [0.4, 0.5) is 0 Å². The number of carbonyl (C=O) groups is 1. The molecule has 0 aromatic carbocycles. The second-order valence-electron chi connectivity index (χ2n) is 3.61. The predicted octanol–water partition coefficient (Wildman–Crippen LogP) is 1.02. The Balaban J connectivity index is 2.33. The van der Waals surface area contributed by atoms with E-state index in [0.29, 0.717) is 23.9 Å². The Morgan fingerprint density at radius 3 is 2.69 bits per heavy atom. The highest BCUT2D eigenvalue weighted by Gasteiger charge is 2.14. The van der Waals surface area contributed by atoms with E-state index < -0.39 is 0 Å². The maximum absolute atomic E-state index is 11.6. The van der Waals surface area contributed by atoms with Crippen LogP contribution < -0.4 is 10.6 Å². The molecule has 0 aliphatic carbocycles. The first-order valence-electron chi connectivity index (χ1n) is 5.58. The summed E-state index contributed by atoms with van der Waals surface area (Å²) in [7, 11) is 0. The minimum atomic E-state index is -0.186. The summed E-state index contributed by atoms with van der Waals surface area (Å²) < 4.78 is 5.22. The van der Waals surface area contributed by atoms with Gasteiger partial charge in [0.25, 0.3) is 5.91 Å². The molecular weight excluding hydrogens is 206 g/mol. The molecule has 0 fully saturated rings. The van der Waals surface area contributed by atoms with Crippen LogP contribution in [0.3, 0.4) is 0 Å². The average molecular weight is 225 g/mol. The fourth-order valence-corrected chi connectivity index (χ4v) is 1.41. The zero-order chi connectivity index (χ0) is 12.0. The van der Waals surface area contributed by atoms with E-state index in [-0.39, 0.29) is 5.91 Å². The molecule has 0 radical (unpaired) electrons. The van der Waals surface area contributed by atoms with Crippen LogP contribution >= 0.6 is 0 Å². The highest BCUT2D eigenvalue weighted by atomic mass is 16.4. The third kappa shape index (κ3) is 3.66. The number of aromatic nitrogens is 1. The molecule has 0 unspecified atom stereocenters. The minimum Gasteiger partial charge on any atom is -0.436 e. The van der Waals surface area contributed by atoms with E-state index in [1.807, 2.05) is 0 Å². The average Bonchev–Trinajstić information content (AvgIpc) is 2.57. The van der Waals surface area contributed by atoms with E-state index in [4.69, 9.17) is 4.42 Å². The second kappa shape index (κ2) is 6.27. The van der Waals surface area contributed by atoms with Crippen molar-refractivity contribution >= 4 is 5.91 Å². The van der Waals surface area contributed by atoms with Crippen LogP contribution in [0.5, 0.6) is 0 Å². The molecule has 16 heavy (non-hydrogen) atoms. The number of aryl methyl sites for hydroxylation is 2. The lowest BCUT2D eigenvalue weighted by molar-refractivity contribution is 0.0923. The van der Waals surface area contributed by atoms with Gasteiger partial charge in [0.15, 0.2) is 5.89 Å². The molecule has 0 saturated heterocycles. The second-order valence-corrected chi connectivity index (χ2v) is 3.61. The van der Waals surface area contributed by atoms with E-state index in [0.717, 1.165) is 19.5 Å². The summed E-state index contributed by atoms with van der Waals surface area (Å²) in [6, 6.07) is 0. The van der Waals surface area contributed by atoms with Crippen molar-refractivity contribution in [3.05, 3.63) is 17.3 Å². The molecule has 90 valence electrons. The standard InChI is InChI=1S/C11H19N3O2/c1-4-12-6-5-7-13-11(15)10-8(2)14-9(3)16-10/h12H,4-7H2,1-3H3,(H,13,15). The molecule has 1 amide bonds. The van der Waals surface area contributed by atoms with Gasteiger partial charge >= 0.3 is 0 Å². The Kier molecular flexibility index (Phi) is 4.98. The van der Waals surface area contributed by atoms with Crippen LogP contribution in [-0.2, 0) is 0 Å². The van der Waals surface area contributed by atoms with Crippen molar-refractivity contribution in [3.8, 4) is 0 Å². The van der Waals surface area contributed by atoms with E-state index in [1.165, 1.54) is 0 Å². The molecule has 1 aromatic heterocycles. The van der Waals surface area contributed by atoms with Crippen LogP contribution in [0.25, 0.3) is 0 Å². The van der Waals surface area contributed by atoms with E-state index in [9.17, 15) is 4.79 Å². The highest BCUT2D eigenvalue weighted by Crippen LogP contribution is 2.08. The fourth-order valence-electron chi connectivity index (χ4n) is 1.41. The van der Waals surface area contributed by atoms with Gasteiger partial charge in [-0.3, -0.25) is 4.79 Å². The molecule has 2 N–H and O–H groups in total. The first-order valence-corrected chi connectivity index (χ1v) is 5.58. The summed E-state index contributed by atoms with van der Waals surface area (Å²) in [5, 5.41) is 5.99. The molecule has 0 spiro atoms. The zero-order valence-electron chi connectivity index (χ0n) is 10.1. The number of nitrogens with zero attached hydrogens (tertiary/aromatic N) is 1. The highest BCUT2D eigenvalue weighted by molar-refractivity contribution is 5.92. The molecule has 1 rings (SSSR count). The van der Waals surface area contributed by atoms with Crippen molar-refractivity contribution < 1.29 is 9.21 Å². The van der Waals surface area contributed by atoms with Crippen LogP contribution in [0.2, 0.25) is 0 Å². The number of hydrogen-bond donors (Lipinski definition) is 2. The SMILES string of the molecule is CCNCCCNC(=O)c1oc(C)nc1C. The lowest BCUT2D eigenvalue weighted by Gasteiger charge is -2.03. The van der Waals surface area contributed by atoms with Crippen LogP contribution in [0.15, 0.2) is 4.42 Å². The van der Waals surface area contributed by atoms with Crippen molar-refractivity contribution in [1.29, 1.82) is 0 Å². The third-order valence-electron chi connectivity index (χ3n) is 2.18. The molecule has 1 heterocycles. The normalized spacial score (nSPS) is 10.4. The smallest absolute Gasteiger partial charge is 0.289 e. The summed E-state index contributed by atoms with van der Waals surface area (Å²) in [4.78, 5) is 15.7. The van der Waals surface area contributed by atoms with Crippen LogP contribution in [0, 0.1) is 13.8 Å².